The van der Waals surface area contributed by atoms with Crippen LogP contribution in [0.5, 0.6) is 0 Å². The number of thiazole rings is 1. The number of primary sulfonamides is 1. The summed E-state index contributed by atoms with van der Waals surface area (Å²) < 4.78 is 25.7. The van der Waals surface area contributed by atoms with E-state index in [1.54, 1.807) is 36.0 Å². The number of allylic oxidation sites excluding steroid dienone is 1. The summed E-state index contributed by atoms with van der Waals surface area (Å²) in [6, 6.07) is 11.9. The first-order valence-electron chi connectivity index (χ1n) is 8.42. The Kier molecular flexibility index (Phi) is 6.19. The number of fused-ring (bicyclic) bond motifs is 1. The van der Waals surface area contributed by atoms with Gasteiger partial charge >= 0.3 is 0 Å². The Balaban J connectivity index is 2.08. The highest BCUT2D eigenvalue weighted by molar-refractivity contribution is 7.99. The number of amides is 1. The SMILES string of the molecule is C=CCn1c(=NC(=O)c2ccc(SCC)cc2)sc2cc(S(N)(=O)=O)ccc21. The minimum absolute atomic E-state index is 0.0221. The van der Waals surface area contributed by atoms with Crippen molar-refractivity contribution in [3.8, 4) is 0 Å². The molecule has 1 heterocycles. The normalized spacial score (nSPS) is 12.4. The highest BCUT2D eigenvalue weighted by Crippen LogP contribution is 2.22. The van der Waals surface area contributed by atoms with E-state index in [1.165, 1.54) is 23.5 Å². The van der Waals surface area contributed by atoms with Crippen LogP contribution in [0.4, 0.5) is 0 Å². The molecule has 0 radical (unpaired) electrons. The third-order valence-corrected chi connectivity index (χ3v) is 6.75. The van der Waals surface area contributed by atoms with Crippen molar-refractivity contribution in [1.29, 1.82) is 0 Å². The number of nitrogens with two attached hydrogens (primary N) is 1. The molecule has 9 heteroatoms. The smallest absolute Gasteiger partial charge is 0.279 e. The Morgan fingerprint density at radius 3 is 2.61 bits per heavy atom. The topological polar surface area (TPSA) is 94.5 Å². The number of rotatable bonds is 6. The van der Waals surface area contributed by atoms with Crippen molar-refractivity contribution in [3.05, 3.63) is 65.5 Å². The second-order valence-corrected chi connectivity index (χ2v) is 9.74. The van der Waals surface area contributed by atoms with Gasteiger partial charge in [-0.05, 0) is 48.2 Å². The van der Waals surface area contributed by atoms with Gasteiger partial charge in [0, 0.05) is 17.0 Å². The first-order chi connectivity index (χ1) is 13.3. The number of benzene rings is 2. The number of nitrogens with zero attached hydrogens (tertiary/aromatic N) is 2. The molecular weight excluding hydrogens is 414 g/mol. The fourth-order valence-corrected chi connectivity index (χ4v) is 4.99. The maximum absolute atomic E-state index is 12.6. The Morgan fingerprint density at radius 2 is 2.00 bits per heavy atom. The van der Waals surface area contributed by atoms with Crippen molar-refractivity contribution >= 4 is 49.2 Å². The van der Waals surface area contributed by atoms with E-state index in [-0.39, 0.29) is 10.8 Å². The van der Waals surface area contributed by atoms with E-state index >= 15 is 0 Å². The number of carbonyl (C=O) groups is 1. The van der Waals surface area contributed by atoms with Crippen molar-refractivity contribution in [2.45, 2.75) is 23.3 Å². The Hall–Kier alpha value is -2.20. The van der Waals surface area contributed by atoms with Gasteiger partial charge in [0.05, 0.1) is 15.1 Å². The largest absolute Gasteiger partial charge is 0.312 e. The van der Waals surface area contributed by atoms with E-state index in [1.807, 2.05) is 16.7 Å². The van der Waals surface area contributed by atoms with E-state index in [2.05, 4.69) is 18.5 Å². The molecule has 0 aliphatic rings. The molecule has 3 rings (SSSR count). The molecule has 1 amide bonds. The van der Waals surface area contributed by atoms with Crippen LogP contribution in [-0.2, 0) is 16.6 Å². The molecule has 2 aromatic carbocycles. The van der Waals surface area contributed by atoms with Crippen LogP contribution in [0.3, 0.4) is 0 Å². The number of hydrogen-bond acceptors (Lipinski definition) is 5. The third kappa shape index (κ3) is 4.44. The number of aromatic nitrogens is 1. The van der Waals surface area contributed by atoms with Crippen LogP contribution >= 0.6 is 23.1 Å². The zero-order chi connectivity index (χ0) is 20.3. The van der Waals surface area contributed by atoms with Gasteiger partial charge in [-0.3, -0.25) is 4.79 Å². The fourth-order valence-electron chi connectivity index (χ4n) is 2.63. The molecule has 0 saturated carbocycles. The zero-order valence-electron chi connectivity index (χ0n) is 15.2. The zero-order valence-corrected chi connectivity index (χ0v) is 17.6. The van der Waals surface area contributed by atoms with Crippen LogP contribution in [-0.4, -0.2) is 24.6 Å². The van der Waals surface area contributed by atoms with Crippen LogP contribution in [0.25, 0.3) is 10.2 Å². The molecule has 0 atom stereocenters. The Morgan fingerprint density at radius 1 is 1.29 bits per heavy atom. The maximum atomic E-state index is 12.6. The van der Waals surface area contributed by atoms with Crippen molar-refractivity contribution in [3.63, 3.8) is 0 Å². The lowest BCUT2D eigenvalue weighted by atomic mass is 10.2. The number of thioether (sulfide) groups is 1. The summed E-state index contributed by atoms with van der Waals surface area (Å²) >= 11 is 2.93. The van der Waals surface area contributed by atoms with Crippen LogP contribution in [0.15, 0.2) is 69.9 Å². The standard InChI is InChI=1S/C19H19N3O3S3/c1-3-11-22-16-10-9-15(28(20,24)25)12-17(16)27-19(22)21-18(23)13-5-7-14(8-6-13)26-4-2/h3,5-10,12H,1,4,11H2,2H3,(H2,20,24,25). The van der Waals surface area contributed by atoms with Gasteiger partial charge in [0.2, 0.25) is 10.0 Å². The summed E-state index contributed by atoms with van der Waals surface area (Å²) in [7, 11) is -3.81. The van der Waals surface area contributed by atoms with Gasteiger partial charge in [0.25, 0.3) is 5.91 Å². The van der Waals surface area contributed by atoms with Gasteiger partial charge < -0.3 is 4.57 Å². The van der Waals surface area contributed by atoms with Crippen LogP contribution < -0.4 is 9.94 Å². The van der Waals surface area contributed by atoms with Crippen molar-refractivity contribution < 1.29 is 13.2 Å². The first-order valence-corrected chi connectivity index (χ1v) is 11.8. The summed E-state index contributed by atoms with van der Waals surface area (Å²) in [5, 5.41) is 5.22. The molecule has 0 saturated heterocycles. The van der Waals surface area contributed by atoms with Gasteiger partial charge in [-0.25, -0.2) is 13.6 Å². The number of sulfonamides is 1. The minimum Gasteiger partial charge on any atom is -0.312 e. The molecule has 1 aromatic heterocycles. The molecule has 0 spiro atoms. The van der Waals surface area contributed by atoms with Crippen LogP contribution in [0.2, 0.25) is 0 Å². The summed E-state index contributed by atoms with van der Waals surface area (Å²) in [6.45, 7) is 6.25. The highest BCUT2D eigenvalue weighted by Gasteiger charge is 2.13. The lowest BCUT2D eigenvalue weighted by molar-refractivity contribution is 0.0998. The van der Waals surface area contributed by atoms with Crippen LogP contribution in [0.1, 0.15) is 17.3 Å². The molecule has 0 aliphatic heterocycles. The maximum Gasteiger partial charge on any atom is 0.279 e. The summed E-state index contributed by atoms with van der Waals surface area (Å²) in [6.07, 6.45) is 1.69. The van der Waals surface area contributed by atoms with Gasteiger partial charge in [0.1, 0.15) is 0 Å². The lowest BCUT2D eigenvalue weighted by Gasteiger charge is -2.02. The monoisotopic (exact) mass is 433 g/mol. The van der Waals surface area contributed by atoms with Gasteiger partial charge in [-0.1, -0.05) is 24.3 Å². The molecule has 28 heavy (non-hydrogen) atoms. The van der Waals surface area contributed by atoms with E-state index in [0.717, 1.165) is 16.2 Å². The summed E-state index contributed by atoms with van der Waals surface area (Å²) in [4.78, 5) is 18.5. The molecule has 146 valence electrons. The molecule has 3 aromatic rings. The molecule has 0 aliphatic carbocycles. The van der Waals surface area contributed by atoms with E-state index in [4.69, 9.17) is 5.14 Å². The molecule has 0 unspecified atom stereocenters. The fraction of sp³-hybridized carbons (Fsp3) is 0.158. The molecule has 0 fully saturated rings. The van der Waals surface area contributed by atoms with E-state index in [9.17, 15) is 13.2 Å². The summed E-state index contributed by atoms with van der Waals surface area (Å²) in [5.74, 6) is 0.603. The average Bonchev–Trinajstić information content (AvgIpc) is 2.99. The second-order valence-electron chi connectivity index (χ2n) is 5.83. The molecule has 6 nitrogen and oxygen atoms in total. The van der Waals surface area contributed by atoms with Gasteiger partial charge in [0.15, 0.2) is 4.80 Å². The molecular formula is C19H19N3O3S3. The van der Waals surface area contributed by atoms with Crippen LogP contribution in [0, 0.1) is 0 Å². The highest BCUT2D eigenvalue weighted by atomic mass is 32.2. The second kappa shape index (κ2) is 8.44. The average molecular weight is 434 g/mol. The van der Waals surface area contributed by atoms with Crippen molar-refractivity contribution in [2.24, 2.45) is 10.1 Å². The van der Waals surface area contributed by atoms with E-state index < -0.39 is 10.0 Å². The quantitative estimate of drug-likeness (QED) is 0.476. The predicted octanol–water partition coefficient (Wildman–Crippen LogP) is 3.39. The van der Waals surface area contributed by atoms with Crippen molar-refractivity contribution in [1.82, 2.24) is 4.57 Å². The molecule has 0 bridgehead atoms. The number of hydrogen-bond donors (Lipinski definition) is 1. The first kappa shape index (κ1) is 20.5. The van der Waals surface area contributed by atoms with E-state index in [0.29, 0.717) is 21.6 Å². The lowest BCUT2D eigenvalue weighted by Crippen LogP contribution is -2.16. The van der Waals surface area contributed by atoms with Gasteiger partial charge in [-0.15, -0.1) is 18.3 Å². The summed E-state index contributed by atoms with van der Waals surface area (Å²) in [5.41, 5.74) is 1.26. The van der Waals surface area contributed by atoms with Crippen molar-refractivity contribution in [2.75, 3.05) is 5.75 Å². The Bertz CT molecular complexity index is 1210. The minimum atomic E-state index is -3.81. The third-order valence-electron chi connectivity index (χ3n) is 3.90. The Labute approximate surface area is 171 Å². The number of carbonyl (C=O) groups excluding carboxylic acids is 1. The van der Waals surface area contributed by atoms with Gasteiger partial charge in [-0.2, -0.15) is 4.99 Å². The predicted molar refractivity (Wildman–Crippen MR) is 114 cm³/mol. The molecule has 2 N–H and O–H groups in total.